The molecule has 0 aliphatic rings. The van der Waals surface area contributed by atoms with E-state index in [1.165, 1.54) is 11.3 Å². The van der Waals surface area contributed by atoms with Gasteiger partial charge in [0.25, 0.3) is 0 Å². The zero-order chi connectivity index (χ0) is 12.4. The molecular formula is C11H13N3O2S. The van der Waals surface area contributed by atoms with Gasteiger partial charge in [0.2, 0.25) is 0 Å². The summed E-state index contributed by atoms with van der Waals surface area (Å²) >= 11 is 1.36. The number of carboxylic acid groups (broad SMARTS) is 1. The van der Waals surface area contributed by atoms with E-state index < -0.39 is 5.97 Å². The number of nitrogens with zero attached hydrogens (tertiary/aromatic N) is 2. The molecule has 5 nitrogen and oxygen atoms in total. The van der Waals surface area contributed by atoms with E-state index in [9.17, 15) is 4.79 Å². The van der Waals surface area contributed by atoms with E-state index in [4.69, 9.17) is 5.11 Å². The quantitative estimate of drug-likeness (QED) is 0.869. The number of aromatic amines is 1. The van der Waals surface area contributed by atoms with Gasteiger partial charge in [0, 0.05) is 17.3 Å². The molecule has 2 aromatic heterocycles. The van der Waals surface area contributed by atoms with Crippen LogP contribution >= 0.6 is 11.3 Å². The number of nitrogens with one attached hydrogen (secondary N) is 1. The second-order valence-electron chi connectivity index (χ2n) is 3.87. The Hall–Kier alpha value is -1.66. The molecule has 0 amide bonds. The predicted octanol–water partition coefficient (Wildman–Crippen LogP) is 1.82. The maximum absolute atomic E-state index is 10.8. The van der Waals surface area contributed by atoms with E-state index in [1.807, 2.05) is 37.3 Å². The molecule has 2 N–H and O–H groups in total. The molecule has 0 radical (unpaired) electrons. The van der Waals surface area contributed by atoms with Gasteiger partial charge in [-0.1, -0.05) is 0 Å². The minimum absolute atomic E-state index is 0.0388. The Morgan fingerprint density at radius 1 is 1.59 bits per heavy atom. The molecule has 17 heavy (non-hydrogen) atoms. The summed E-state index contributed by atoms with van der Waals surface area (Å²) in [6.45, 7) is 0. The molecule has 2 rings (SSSR count). The Morgan fingerprint density at radius 2 is 2.35 bits per heavy atom. The lowest BCUT2D eigenvalue weighted by Crippen LogP contribution is -2.21. The summed E-state index contributed by atoms with van der Waals surface area (Å²) in [6, 6.07) is 3.84. The van der Waals surface area contributed by atoms with Gasteiger partial charge in [0.15, 0.2) is 5.69 Å². The van der Waals surface area contributed by atoms with E-state index in [1.54, 1.807) is 5.38 Å². The third-order valence-electron chi connectivity index (χ3n) is 2.41. The molecule has 0 spiro atoms. The van der Waals surface area contributed by atoms with Gasteiger partial charge in [0.05, 0.1) is 0 Å². The highest BCUT2D eigenvalue weighted by atomic mass is 32.1. The molecule has 0 fully saturated rings. The van der Waals surface area contributed by atoms with Crippen LogP contribution < -0.4 is 0 Å². The van der Waals surface area contributed by atoms with Crippen LogP contribution in [0.1, 0.15) is 27.2 Å². The Balaban J connectivity index is 2.36. The second kappa shape index (κ2) is 4.68. The SMILES string of the molecule is CN(C)C(c1ccc[nH]1)c1nc(C(=O)O)cs1. The summed E-state index contributed by atoms with van der Waals surface area (Å²) in [6.07, 6.45) is 1.84. The Bertz CT molecular complexity index is 505. The summed E-state index contributed by atoms with van der Waals surface area (Å²) < 4.78 is 0. The van der Waals surface area contributed by atoms with Gasteiger partial charge in [-0.25, -0.2) is 9.78 Å². The molecule has 1 atom stereocenters. The lowest BCUT2D eigenvalue weighted by Gasteiger charge is -2.20. The normalized spacial score (nSPS) is 12.9. The fourth-order valence-corrected chi connectivity index (χ4v) is 2.66. The number of H-pyrrole nitrogens is 1. The van der Waals surface area contributed by atoms with Crippen LogP contribution in [0.5, 0.6) is 0 Å². The first kappa shape index (κ1) is 11.8. The van der Waals surface area contributed by atoms with Crippen molar-refractivity contribution in [2.45, 2.75) is 6.04 Å². The van der Waals surface area contributed by atoms with Crippen molar-refractivity contribution < 1.29 is 9.90 Å². The maximum Gasteiger partial charge on any atom is 0.355 e. The number of carbonyl (C=O) groups is 1. The number of hydrogen-bond acceptors (Lipinski definition) is 4. The van der Waals surface area contributed by atoms with Crippen molar-refractivity contribution in [3.05, 3.63) is 40.1 Å². The molecule has 0 aromatic carbocycles. The second-order valence-corrected chi connectivity index (χ2v) is 4.76. The van der Waals surface area contributed by atoms with Crippen molar-refractivity contribution in [3.8, 4) is 0 Å². The molecule has 90 valence electrons. The minimum atomic E-state index is -0.989. The third kappa shape index (κ3) is 2.37. The standard InChI is InChI=1S/C11H13N3O2S/c1-14(2)9(7-4-3-5-12-7)10-13-8(6-17-10)11(15)16/h3-6,9,12H,1-2H3,(H,15,16). The number of aromatic nitrogens is 2. The van der Waals surface area contributed by atoms with Crippen LogP contribution in [0.2, 0.25) is 0 Å². The van der Waals surface area contributed by atoms with Crippen LogP contribution in [0.25, 0.3) is 0 Å². The van der Waals surface area contributed by atoms with Crippen LogP contribution in [0.15, 0.2) is 23.7 Å². The van der Waals surface area contributed by atoms with Crippen molar-refractivity contribution in [2.24, 2.45) is 0 Å². The van der Waals surface area contributed by atoms with Crippen LogP contribution in [-0.2, 0) is 0 Å². The lowest BCUT2D eigenvalue weighted by molar-refractivity contribution is 0.0691. The summed E-state index contributed by atoms with van der Waals surface area (Å²) in [4.78, 5) is 20.1. The average molecular weight is 251 g/mol. The highest BCUT2D eigenvalue weighted by Gasteiger charge is 2.22. The van der Waals surface area contributed by atoms with Crippen molar-refractivity contribution in [1.29, 1.82) is 0 Å². The predicted molar refractivity (Wildman–Crippen MR) is 65.4 cm³/mol. The monoisotopic (exact) mass is 251 g/mol. The molecule has 0 aliphatic heterocycles. The highest BCUT2D eigenvalue weighted by molar-refractivity contribution is 7.09. The van der Waals surface area contributed by atoms with Gasteiger partial charge in [-0.05, 0) is 26.2 Å². The van der Waals surface area contributed by atoms with E-state index in [0.29, 0.717) is 0 Å². The zero-order valence-electron chi connectivity index (χ0n) is 9.54. The maximum atomic E-state index is 10.8. The van der Waals surface area contributed by atoms with E-state index in [0.717, 1.165) is 10.7 Å². The fourth-order valence-electron chi connectivity index (χ4n) is 1.66. The smallest absolute Gasteiger partial charge is 0.355 e. The van der Waals surface area contributed by atoms with Gasteiger partial charge >= 0.3 is 5.97 Å². The van der Waals surface area contributed by atoms with Gasteiger partial charge < -0.3 is 10.1 Å². The topological polar surface area (TPSA) is 69.2 Å². The minimum Gasteiger partial charge on any atom is -0.476 e. The summed E-state index contributed by atoms with van der Waals surface area (Å²) in [7, 11) is 3.88. The highest BCUT2D eigenvalue weighted by Crippen LogP contribution is 2.27. The molecule has 2 aromatic rings. The van der Waals surface area contributed by atoms with Crippen LogP contribution in [0.4, 0.5) is 0 Å². The van der Waals surface area contributed by atoms with Crippen molar-refractivity contribution in [2.75, 3.05) is 14.1 Å². The Labute approximate surface area is 103 Å². The Kier molecular flexibility index (Phi) is 3.26. The lowest BCUT2D eigenvalue weighted by atomic mass is 10.2. The Morgan fingerprint density at radius 3 is 2.82 bits per heavy atom. The van der Waals surface area contributed by atoms with Gasteiger partial charge in [-0.2, -0.15) is 0 Å². The first-order valence-corrected chi connectivity index (χ1v) is 5.96. The number of thiazole rings is 1. The van der Waals surface area contributed by atoms with Crippen LogP contribution in [-0.4, -0.2) is 40.0 Å². The first-order chi connectivity index (χ1) is 8.09. The number of rotatable bonds is 4. The molecule has 0 saturated carbocycles. The molecule has 0 bridgehead atoms. The molecule has 2 heterocycles. The first-order valence-electron chi connectivity index (χ1n) is 5.08. The van der Waals surface area contributed by atoms with Crippen molar-refractivity contribution >= 4 is 17.3 Å². The van der Waals surface area contributed by atoms with E-state index in [-0.39, 0.29) is 11.7 Å². The zero-order valence-corrected chi connectivity index (χ0v) is 10.4. The van der Waals surface area contributed by atoms with E-state index >= 15 is 0 Å². The third-order valence-corrected chi connectivity index (χ3v) is 3.31. The molecular weight excluding hydrogens is 238 g/mol. The summed E-state index contributed by atoms with van der Waals surface area (Å²) in [5.41, 5.74) is 1.10. The number of hydrogen-bond donors (Lipinski definition) is 2. The molecule has 6 heteroatoms. The largest absolute Gasteiger partial charge is 0.476 e. The van der Waals surface area contributed by atoms with E-state index in [2.05, 4.69) is 9.97 Å². The van der Waals surface area contributed by atoms with Crippen molar-refractivity contribution in [1.82, 2.24) is 14.9 Å². The summed E-state index contributed by atoms with van der Waals surface area (Å²) in [5, 5.41) is 11.2. The molecule has 1 unspecified atom stereocenters. The van der Waals surface area contributed by atoms with Gasteiger partial charge in [-0.3, -0.25) is 4.90 Å². The van der Waals surface area contributed by atoms with Gasteiger partial charge in [0.1, 0.15) is 11.0 Å². The number of aromatic carboxylic acids is 1. The summed E-state index contributed by atoms with van der Waals surface area (Å²) in [5.74, 6) is -0.989. The molecule has 0 aliphatic carbocycles. The van der Waals surface area contributed by atoms with Crippen LogP contribution in [0.3, 0.4) is 0 Å². The van der Waals surface area contributed by atoms with Crippen molar-refractivity contribution in [3.63, 3.8) is 0 Å². The number of carboxylic acids is 1. The fraction of sp³-hybridized carbons (Fsp3) is 0.273. The van der Waals surface area contributed by atoms with Gasteiger partial charge in [-0.15, -0.1) is 11.3 Å². The van der Waals surface area contributed by atoms with Crippen LogP contribution in [0, 0.1) is 0 Å². The molecule has 0 saturated heterocycles. The average Bonchev–Trinajstić information content (AvgIpc) is 2.88.